The Kier molecular flexibility index (Phi) is 4.70. The second-order valence-corrected chi connectivity index (χ2v) is 5.89. The quantitative estimate of drug-likeness (QED) is 0.729. The van der Waals surface area contributed by atoms with E-state index in [9.17, 15) is 0 Å². The summed E-state index contributed by atoms with van der Waals surface area (Å²) in [5, 5.41) is 14.7. The molecule has 1 atom stereocenters. The van der Waals surface area contributed by atoms with Crippen molar-refractivity contribution in [1.29, 1.82) is 0 Å². The lowest BCUT2D eigenvalue weighted by atomic mass is 10.1. The molecular weight excluding hydrogens is 298 g/mol. The van der Waals surface area contributed by atoms with Gasteiger partial charge in [0.2, 0.25) is 5.95 Å². The molecule has 5 nitrogen and oxygen atoms in total. The van der Waals surface area contributed by atoms with Crippen molar-refractivity contribution in [3.8, 4) is 0 Å². The molecule has 0 spiro atoms. The lowest BCUT2D eigenvalue weighted by molar-refractivity contribution is 0.841. The third-order valence-corrected chi connectivity index (χ3v) is 3.85. The Labute approximate surface area is 142 Å². The zero-order valence-electron chi connectivity index (χ0n) is 14.1. The van der Waals surface area contributed by atoms with Gasteiger partial charge in [0.25, 0.3) is 0 Å². The van der Waals surface area contributed by atoms with Crippen LogP contribution >= 0.6 is 0 Å². The molecule has 3 rings (SSSR count). The number of hydrogen-bond donors (Lipinski definition) is 2. The number of nitrogens with one attached hydrogen (secondary N) is 2. The number of anilines is 3. The predicted molar refractivity (Wildman–Crippen MR) is 97.5 cm³/mol. The smallest absolute Gasteiger partial charge is 0.245 e. The van der Waals surface area contributed by atoms with Crippen LogP contribution in [0.15, 0.2) is 54.7 Å². The van der Waals surface area contributed by atoms with Crippen LogP contribution in [0.3, 0.4) is 0 Å². The summed E-state index contributed by atoms with van der Waals surface area (Å²) in [5.74, 6) is 1.17. The van der Waals surface area contributed by atoms with Crippen LogP contribution in [0.1, 0.15) is 29.7 Å². The molecule has 2 aromatic carbocycles. The van der Waals surface area contributed by atoms with E-state index >= 15 is 0 Å². The van der Waals surface area contributed by atoms with Crippen molar-refractivity contribution >= 4 is 17.5 Å². The first-order valence-corrected chi connectivity index (χ1v) is 7.97. The monoisotopic (exact) mass is 319 g/mol. The summed E-state index contributed by atoms with van der Waals surface area (Å²) >= 11 is 0. The number of hydrogen-bond acceptors (Lipinski definition) is 5. The van der Waals surface area contributed by atoms with Gasteiger partial charge < -0.3 is 10.6 Å². The molecule has 5 heteroatoms. The zero-order chi connectivity index (χ0) is 16.9. The van der Waals surface area contributed by atoms with E-state index in [2.05, 4.69) is 70.9 Å². The summed E-state index contributed by atoms with van der Waals surface area (Å²) in [6, 6.07) is 16.5. The van der Waals surface area contributed by atoms with E-state index in [1.165, 1.54) is 16.7 Å². The van der Waals surface area contributed by atoms with Crippen molar-refractivity contribution in [2.24, 2.45) is 0 Å². The van der Waals surface area contributed by atoms with Crippen molar-refractivity contribution in [2.75, 3.05) is 10.6 Å². The van der Waals surface area contributed by atoms with Crippen LogP contribution < -0.4 is 10.6 Å². The Morgan fingerprint density at radius 2 is 1.79 bits per heavy atom. The highest BCUT2D eigenvalue weighted by atomic mass is 15.3. The Morgan fingerprint density at radius 1 is 1.00 bits per heavy atom. The van der Waals surface area contributed by atoms with Crippen molar-refractivity contribution in [3.05, 3.63) is 71.4 Å². The number of nitrogens with zero attached hydrogens (tertiary/aromatic N) is 3. The minimum Gasteiger partial charge on any atom is -0.346 e. The van der Waals surface area contributed by atoms with Gasteiger partial charge in [-0.2, -0.15) is 10.1 Å². The van der Waals surface area contributed by atoms with E-state index in [0.29, 0.717) is 11.8 Å². The van der Waals surface area contributed by atoms with Crippen molar-refractivity contribution in [3.63, 3.8) is 0 Å². The van der Waals surface area contributed by atoms with Gasteiger partial charge in [-0.15, -0.1) is 5.10 Å². The van der Waals surface area contributed by atoms with Gasteiger partial charge in [0.15, 0.2) is 5.82 Å². The average Bonchev–Trinajstić information content (AvgIpc) is 2.58. The van der Waals surface area contributed by atoms with Crippen molar-refractivity contribution < 1.29 is 0 Å². The molecule has 0 saturated carbocycles. The van der Waals surface area contributed by atoms with Gasteiger partial charge in [-0.05, 0) is 38.0 Å². The fourth-order valence-corrected chi connectivity index (χ4v) is 2.54. The zero-order valence-corrected chi connectivity index (χ0v) is 14.1. The Balaban J connectivity index is 1.74. The van der Waals surface area contributed by atoms with E-state index in [1.807, 2.05) is 24.3 Å². The maximum absolute atomic E-state index is 4.50. The summed E-state index contributed by atoms with van der Waals surface area (Å²) in [6.07, 6.45) is 1.62. The fourth-order valence-electron chi connectivity index (χ4n) is 2.54. The van der Waals surface area contributed by atoms with Gasteiger partial charge in [0.05, 0.1) is 12.2 Å². The lowest BCUT2D eigenvalue weighted by Gasteiger charge is -2.14. The van der Waals surface area contributed by atoms with Crippen LogP contribution in [0.25, 0.3) is 0 Å². The van der Waals surface area contributed by atoms with Gasteiger partial charge in [-0.3, -0.25) is 0 Å². The maximum atomic E-state index is 4.50. The lowest BCUT2D eigenvalue weighted by Crippen LogP contribution is -2.11. The first kappa shape index (κ1) is 15.9. The van der Waals surface area contributed by atoms with Crippen LogP contribution in [0.5, 0.6) is 0 Å². The summed E-state index contributed by atoms with van der Waals surface area (Å²) in [6.45, 7) is 6.22. The first-order chi connectivity index (χ1) is 11.6. The van der Waals surface area contributed by atoms with Crippen molar-refractivity contribution in [2.45, 2.75) is 26.8 Å². The molecule has 1 heterocycles. The number of aryl methyl sites for hydroxylation is 2. The average molecular weight is 319 g/mol. The Hall–Kier alpha value is -2.95. The molecule has 0 aliphatic carbocycles. The molecule has 0 saturated heterocycles. The molecule has 0 aliphatic rings. The predicted octanol–water partition coefficient (Wildman–Crippen LogP) is 4.41. The molecule has 24 heavy (non-hydrogen) atoms. The highest BCUT2D eigenvalue weighted by Crippen LogP contribution is 2.21. The maximum Gasteiger partial charge on any atom is 0.245 e. The normalized spacial score (nSPS) is 11.8. The van der Waals surface area contributed by atoms with Crippen LogP contribution in [0, 0.1) is 13.8 Å². The van der Waals surface area contributed by atoms with Gasteiger partial charge in [-0.25, -0.2) is 0 Å². The molecule has 0 bridgehead atoms. The molecule has 0 radical (unpaired) electrons. The van der Waals surface area contributed by atoms with Crippen LogP contribution in [0.2, 0.25) is 0 Å². The summed E-state index contributed by atoms with van der Waals surface area (Å²) in [7, 11) is 0. The summed E-state index contributed by atoms with van der Waals surface area (Å²) < 4.78 is 0. The fraction of sp³-hybridized carbons (Fsp3) is 0.211. The van der Waals surface area contributed by atoms with E-state index in [1.54, 1.807) is 6.20 Å². The first-order valence-electron chi connectivity index (χ1n) is 7.97. The highest BCUT2D eigenvalue weighted by molar-refractivity contribution is 5.60. The molecule has 122 valence electrons. The van der Waals surface area contributed by atoms with Crippen molar-refractivity contribution in [1.82, 2.24) is 15.2 Å². The molecule has 3 aromatic rings. The van der Waals surface area contributed by atoms with E-state index in [4.69, 9.17) is 0 Å². The Morgan fingerprint density at radius 3 is 2.54 bits per heavy atom. The van der Waals surface area contributed by atoms with Gasteiger partial charge in [0, 0.05) is 5.69 Å². The molecule has 1 aromatic heterocycles. The van der Waals surface area contributed by atoms with Gasteiger partial charge >= 0.3 is 0 Å². The van der Waals surface area contributed by atoms with Gasteiger partial charge in [0.1, 0.15) is 0 Å². The third kappa shape index (κ3) is 3.87. The minimum atomic E-state index is 0.101. The number of benzene rings is 2. The number of rotatable bonds is 5. The van der Waals surface area contributed by atoms with Crippen LogP contribution in [0.4, 0.5) is 17.5 Å². The summed E-state index contributed by atoms with van der Waals surface area (Å²) in [4.78, 5) is 4.50. The molecule has 0 fully saturated rings. The van der Waals surface area contributed by atoms with Crippen LogP contribution in [-0.2, 0) is 0 Å². The molecule has 2 N–H and O–H groups in total. The minimum absolute atomic E-state index is 0.101. The van der Waals surface area contributed by atoms with E-state index in [-0.39, 0.29) is 6.04 Å². The van der Waals surface area contributed by atoms with E-state index < -0.39 is 0 Å². The molecule has 0 amide bonds. The molecule has 0 aliphatic heterocycles. The van der Waals surface area contributed by atoms with E-state index in [0.717, 1.165) is 5.69 Å². The second kappa shape index (κ2) is 7.08. The summed E-state index contributed by atoms with van der Waals surface area (Å²) in [5.41, 5.74) is 4.59. The van der Waals surface area contributed by atoms with Crippen LogP contribution in [-0.4, -0.2) is 15.2 Å². The number of aromatic nitrogens is 3. The largest absolute Gasteiger partial charge is 0.346 e. The molecular formula is C19H21N5. The Bertz CT molecular complexity index is 817. The van der Waals surface area contributed by atoms with Gasteiger partial charge in [-0.1, -0.05) is 48.0 Å². The standard InChI is InChI=1S/C19H21N5/c1-13-9-10-17(14(2)11-13)22-18-12-20-24-19(23-18)21-15(3)16-7-5-4-6-8-16/h4-12,15H,1-3H3,(H2,21,22,23,24). The SMILES string of the molecule is Cc1ccc(Nc2cnnc(NC(C)c3ccccc3)n2)c(C)c1. The highest BCUT2D eigenvalue weighted by Gasteiger charge is 2.08. The second-order valence-electron chi connectivity index (χ2n) is 5.89. The molecule has 1 unspecified atom stereocenters. The third-order valence-electron chi connectivity index (χ3n) is 3.85. The topological polar surface area (TPSA) is 62.7 Å².